The van der Waals surface area contributed by atoms with E-state index in [1.165, 1.54) is 12.1 Å². The molecular formula is C14H14FNO3. The van der Waals surface area contributed by atoms with Crippen molar-refractivity contribution in [3.63, 3.8) is 0 Å². The van der Waals surface area contributed by atoms with Gasteiger partial charge in [-0.1, -0.05) is 0 Å². The summed E-state index contributed by atoms with van der Waals surface area (Å²) in [4.78, 5) is 24.7. The molecule has 0 aliphatic rings. The van der Waals surface area contributed by atoms with Crippen LogP contribution >= 0.6 is 0 Å². The van der Waals surface area contributed by atoms with Crippen LogP contribution in [0.5, 0.6) is 5.75 Å². The van der Waals surface area contributed by atoms with Gasteiger partial charge in [0.05, 0.1) is 12.2 Å². The van der Waals surface area contributed by atoms with Gasteiger partial charge in [0.15, 0.2) is 5.75 Å². The maximum Gasteiger partial charge on any atom is 0.268 e. The summed E-state index contributed by atoms with van der Waals surface area (Å²) in [6.07, 6.45) is 0. The summed E-state index contributed by atoms with van der Waals surface area (Å²) in [5, 5.41) is 0. The lowest BCUT2D eigenvalue weighted by molar-refractivity contribution is 0.334. The Hall–Kier alpha value is -2.17. The summed E-state index contributed by atoms with van der Waals surface area (Å²) < 4.78 is 19.1. The van der Waals surface area contributed by atoms with E-state index in [0.717, 1.165) is 0 Å². The fraction of sp³-hybridized carbons (Fsp3) is 0.286. The van der Waals surface area contributed by atoms with Crippen LogP contribution in [0.3, 0.4) is 0 Å². The SMILES string of the molecule is CCOc1c(-c2ccc(N(C)C)cc2F)c(=O)c1=O. The Balaban J connectivity index is 2.52. The van der Waals surface area contributed by atoms with Crippen LogP contribution in [0.1, 0.15) is 6.92 Å². The van der Waals surface area contributed by atoms with E-state index in [1.54, 1.807) is 32.0 Å². The Bertz CT molecular complexity index is 684. The van der Waals surface area contributed by atoms with Gasteiger partial charge in [0, 0.05) is 25.3 Å². The van der Waals surface area contributed by atoms with Gasteiger partial charge in [-0.2, -0.15) is 0 Å². The molecule has 0 N–H and O–H groups in total. The molecule has 0 aliphatic heterocycles. The summed E-state index contributed by atoms with van der Waals surface area (Å²) >= 11 is 0. The van der Waals surface area contributed by atoms with E-state index < -0.39 is 16.7 Å². The van der Waals surface area contributed by atoms with Gasteiger partial charge in [-0.05, 0) is 25.1 Å². The van der Waals surface area contributed by atoms with Gasteiger partial charge in [0.2, 0.25) is 5.43 Å². The molecule has 0 amide bonds. The highest BCUT2D eigenvalue weighted by Crippen LogP contribution is 2.30. The number of benzene rings is 1. The average molecular weight is 263 g/mol. The maximum absolute atomic E-state index is 14.0. The van der Waals surface area contributed by atoms with Gasteiger partial charge in [0.1, 0.15) is 5.82 Å². The third-order valence-electron chi connectivity index (χ3n) is 2.89. The quantitative estimate of drug-likeness (QED) is 0.785. The Morgan fingerprint density at radius 1 is 1.21 bits per heavy atom. The van der Waals surface area contributed by atoms with Crippen LogP contribution in [0.4, 0.5) is 10.1 Å². The highest BCUT2D eigenvalue weighted by molar-refractivity contribution is 5.75. The first-order valence-corrected chi connectivity index (χ1v) is 5.90. The number of hydrogen-bond donors (Lipinski definition) is 0. The lowest BCUT2D eigenvalue weighted by Gasteiger charge is -2.15. The number of hydrogen-bond acceptors (Lipinski definition) is 4. The van der Waals surface area contributed by atoms with Crippen molar-refractivity contribution < 1.29 is 9.13 Å². The molecule has 0 saturated heterocycles. The van der Waals surface area contributed by atoms with E-state index in [-0.39, 0.29) is 23.5 Å². The molecule has 19 heavy (non-hydrogen) atoms. The van der Waals surface area contributed by atoms with Crippen molar-refractivity contribution in [3.05, 3.63) is 44.5 Å². The van der Waals surface area contributed by atoms with Crippen LogP contribution in [0.2, 0.25) is 0 Å². The molecule has 0 bridgehead atoms. The molecule has 0 atom stereocenters. The van der Waals surface area contributed by atoms with E-state index in [4.69, 9.17) is 4.74 Å². The lowest BCUT2D eigenvalue weighted by Crippen LogP contribution is -2.34. The molecule has 4 nitrogen and oxygen atoms in total. The summed E-state index contributed by atoms with van der Waals surface area (Å²) in [6, 6.07) is 4.50. The predicted octanol–water partition coefficient (Wildman–Crippen LogP) is 1.55. The number of nitrogens with zero attached hydrogens (tertiary/aromatic N) is 1. The van der Waals surface area contributed by atoms with E-state index in [2.05, 4.69) is 0 Å². The summed E-state index contributed by atoms with van der Waals surface area (Å²) in [7, 11) is 3.58. The summed E-state index contributed by atoms with van der Waals surface area (Å²) in [6.45, 7) is 1.96. The highest BCUT2D eigenvalue weighted by atomic mass is 19.1. The van der Waals surface area contributed by atoms with Gasteiger partial charge in [-0.25, -0.2) is 4.39 Å². The van der Waals surface area contributed by atoms with Crippen molar-refractivity contribution in [2.24, 2.45) is 0 Å². The fourth-order valence-corrected chi connectivity index (χ4v) is 1.88. The van der Waals surface area contributed by atoms with E-state index in [0.29, 0.717) is 5.69 Å². The second-order valence-corrected chi connectivity index (χ2v) is 4.35. The summed E-state index contributed by atoms with van der Waals surface area (Å²) in [5.41, 5.74) is -0.556. The Labute approximate surface area is 109 Å². The first-order chi connectivity index (χ1) is 8.97. The molecule has 100 valence electrons. The minimum atomic E-state index is -0.694. The number of rotatable bonds is 4. The first kappa shape index (κ1) is 13.3. The monoisotopic (exact) mass is 263 g/mol. The van der Waals surface area contributed by atoms with Gasteiger partial charge in [0.25, 0.3) is 5.43 Å². The van der Waals surface area contributed by atoms with Crippen molar-refractivity contribution in [1.82, 2.24) is 0 Å². The zero-order valence-electron chi connectivity index (χ0n) is 11.0. The van der Waals surface area contributed by atoms with Crippen LogP contribution < -0.4 is 20.5 Å². The van der Waals surface area contributed by atoms with Crippen molar-refractivity contribution in [2.75, 3.05) is 25.6 Å². The standard InChI is InChI=1S/C14H14FNO3/c1-4-19-14-11(12(17)13(14)18)9-6-5-8(16(2)3)7-10(9)15/h5-7H,4H2,1-3H3. The largest absolute Gasteiger partial charge is 0.489 e. The molecule has 0 fully saturated rings. The van der Waals surface area contributed by atoms with Crippen LogP contribution in [0.25, 0.3) is 11.1 Å². The van der Waals surface area contributed by atoms with Gasteiger partial charge < -0.3 is 9.64 Å². The topological polar surface area (TPSA) is 46.6 Å². The van der Waals surface area contributed by atoms with Crippen molar-refractivity contribution in [3.8, 4) is 16.9 Å². The Morgan fingerprint density at radius 3 is 2.42 bits per heavy atom. The van der Waals surface area contributed by atoms with Crippen molar-refractivity contribution >= 4 is 5.69 Å². The second kappa shape index (κ2) is 4.84. The molecule has 0 aromatic heterocycles. The second-order valence-electron chi connectivity index (χ2n) is 4.35. The molecule has 0 heterocycles. The fourth-order valence-electron chi connectivity index (χ4n) is 1.88. The zero-order valence-corrected chi connectivity index (χ0v) is 11.0. The minimum Gasteiger partial charge on any atom is -0.489 e. The van der Waals surface area contributed by atoms with E-state index in [1.807, 2.05) is 0 Å². The Kier molecular flexibility index (Phi) is 3.38. The molecule has 0 aliphatic carbocycles. The third kappa shape index (κ3) is 2.12. The number of ether oxygens (including phenoxy) is 1. The van der Waals surface area contributed by atoms with Gasteiger partial charge >= 0.3 is 0 Å². The lowest BCUT2D eigenvalue weighted by atomic mass is 9.99. The Morgan fingerprint density at radius 2 is 1.89 bits per heavy atom. The van der Waals surface area contributed by atoms with Crippen LogP contribution in [0.15, 0.2) is 27.8 Å². The van der Waals surface area contributed by atoms with E-state index in [9.17, 15) is 14.0 Å². The molecule has 0 spiro atoms. The summed E-state index contributed by atoms with van der Waals surface area (Å²) in [5.74, 6) is -0.580. The molecule has 5 heteroatoms. The molecular weight excluding hydrogens is 249 g/mol. The average Bonchev–Trinajstić information content (AvgIpc) is 2.39. The third-order valence-corrected chi connectivity index (χ3v) is 2.89. The smallest absolute Gasteiger partial charge is 0.268 e. The van der Waals surface area contributed by atoms with Crippen LogP contribution in [0, 0.1) is 5.82 Å². The zero-order chi connectivity index (χ0) is 14.2. The van der Waals surface area contributed by atoms with Gasteiger partial charge in [-0.3, -0.25) is 9.59 Å². The molecule has 0 unspecified atom stereocenters. The molecule has 2 aromatic rings. The number of halogens is 1. The molecule has 0 saturated carbocycles. The van der Waals surface area contributed by atoms with Crippen LogP contribution in [-0.2, 0) is 0 Å². The highest BCUT2D eigenvalue weighted by Gasteiger charge is 2.25. The first-order valence-electron chi connectivity index (χ1n) is 5.90. The van der Waals surface area contributed by atoms with E-state index >= 15 is 0 Å². The van der Waals surface area contributed by atoms with Crippen LogP contribution in [-0.4, -0.2) is 20.7 Å². The van der Waals surface area contributed by atoms with Crippen molar-refractivity contribution in [2.45, 2.75) is 6.92 Å². The maximum atomic E-state index is 14.0. The van der Waals surface area contributed by atoms with Gasteiger partial charge in [-0.15, -0.1) is 0 Å². The number of anilines is 1. The molecule has 2 rings (SSSR count). The minimum absolute atomic E-state index is 0.0367. The van der Waals surface area contributed by atoms with Crippen molar-refractivity contribution in [1.29, 1.82) is 0 Å². The normalized spacial score (nSPS) is 10.7. The predicted molar refractivity (Wildman–Crippen MR) is 72.2 cm³/mol. The molecule has 2 aromatic carbocycles. The molecule has 0 radical (unpaired) electrons.